The van der Waals surface area contributed by atoms with Gasteiger partial charge in [0.1, 0.15) is 0 Å². The molecule has 1 N–H and O–H groups in total. The number of rotatable bonds is 6. The maximum atomic E-state index is 13.0. The average Bonchev–Trinajstić information content (AvgIpc) is 3.40. The van der Waals surface area contributed by atoms with Crippen LogP contribution in [0.1, 0.15) is 48.7 Å². The number of hydrogen-bond donors (Lipinski definition) is 1. The van der Waals surface area contributed by atoms with Crippen LogP contribution in [0.3, 0.4) is 0 Å². The van der Waals surface area contributed by atoms with Crippen LogP contribution in [0, 0.1) is 5.92 Å². The number of likely N-dealkylation sites (tertiary alicyclic amines) is 1. The summed E-state index contributed by atoms with van der Waals surface area (Å²) in [6, 6.07) is 13.1. The van der Waals surface area contributed by atoms with Gasteiger partial charge in [0.05, 0.1) is 10.6 Å². The third kappa shape index (κ3) is 5.70. The van der Waals surface area contributed by atoms with E-state index >= 15 is 0 Å². The van der Waals surface area contributed by atoms with Crippen LogP contribution in [0.5, 0.6) is 0 Å². The third-order valence-electron chi connectivity index (χ3n) is 6.20. The van der Waals surface area contributed by atoms with Gasteiger partial charge in [0.25, 0.3) is 0 Å². The van der Waals surface area contributed by atoms with Crippen LogP contribution in [0.25, 0.3) is 10.6 Å². The molecule has 1 saturated heterocycles. The lowest BCUT2D eigenvalue weighted by Gasteiger charge is -2.32. The molecule has 0 spiro atoms. The maximum Gasteiger partial charge on any atom is 0.435 e. The van der Waals surface area contributed by atoms with Crippen molar-refractivity contribution in [2.75, 3.05) is 18.4 Å². The van der Waals surface area contributed by atoms with E-state index in [2.05, 4.69) is 27.4 Å². The molecule has 0 atom stereocenters. The molecule has 2 aromatic heterocycles. The summed E-state index contributed by atoms with van der Waals surface area (Å²) in [5.74, 6) is 0.401. The molecule has 0 radical (unpaired) electrons. The number of nitrogens with zero attached hydrogens (tertiary/aromatic N) is 3. The second-order valence-electron chi connectivity index (χ2n) is 9.12. The van der Waals surface area contributed by atoms with E-state index in [0.717, 1.165) is 54.0 Å². The quantitative estimate of drug-likeness (QED) is 0.452. The second kappa shape index (κ2) is 9.92. The number of benzene rings is 1. The monoisotopic (exact) mass is 490 g/mol. The van der Waals surface area contributed by atoms with Crippen LogP contribution >= 0.6 is 11.3 Å². The Kier molecular flexibility index (Phi) is 7.14. The molecule has 0 aliphatic carbocycles. The number of thiophene rings is 1. The Labute approximate surface area is 201 Å². The van der Waals surface area contributed by atoms with E-state index < -0.39 is 11.9 Å². The predicted octanol–water partition coefficient (Wildman–Crippen LogP) is 6.14. The first kappa shape index (κ1) is 24.5. The van der Waals surface area contributed by atoms with E-state index in [4.69, 9.17) is 0 Å². The number of carbonyl (C=O) groups is 1. The van der Waals surface area contributed by atoms with Gasteiger partial charge in [-0.1, -0.05) is 26.0 Å². The van der Waals surface area contributed by atoms with Crippen LogP contribution in [0.15, 0.2) is 42.5 Å². The first-order chi connectivity index (χ1) is 16.1. The average molecular weight is 491 g/mol. The molecule has 4 rings (SSSR count). The minimum atomic E-state index is -4.44. The lowest BCUT2D eigenvalue weighted by molar-refractivity contribution is -0.141. The molecule has 182 valence electrons. The van der Waals surface area contributed by atoms with Crippen molar-refractivity contribution >= 4 is 22.9 Å². The summed E-state index contributed by atoms with van der Waals surface area (Å²) in [5, 5.41) is 6.59. The Balaban J connectivity index is 1.35. The molecule has 1 aliphatic heterocycles. The number of aryl methyl sites for hydroxylation is 1. The van der Waals surface area contributed by atoms with Crippen molar-refractivity contribution in [2.24, 2.45) is 13.0 Å². The summed E-state index contributed by atoms with van der Waals surface area (Å²) >= 11 is 1.51. The van der Waals surface area contributed by atoms with Crippen LogP contribution in [-0.2, 0) is 24.6 Å². The number of anilines is 1. The van der Waals surface area contributed by atoms with Gasteiger partial charge in [-0.3, -0.25) is 14.4 Å². The fourth-order valence-electron chi connectivity index (χ4n) is 4.24. The second-order valence-corrected chi connectivity index (χ2v) is 10.3. The van der Waals surface area contributed by atoms with Crippen molar-refractivity contribution in [3.05, 3.63) is 58.6 Å². The number of alkyl halides is 3. The molecule has 1 amide bonds. The van der Waals surface area contributed by atoms with Gasteiger partial charge >= 0.3 is 6.18 Å². The van der Waals surface area contributed by atoms with Crippen molar-refractivity contribution in [3.8, 4) is 10.6 Å². The molecule has 0 unspecified atom stereocenters. The largest absolute Gasteiger partial charge is 0.435 e. The Hall–Kier alpha value is -2.65. The number of amides is 1. The number of piperidine rings is 1. The Morgan fingerprint density at radius 3 is 2.56 bits per heavy atom. The first-order valence-electron chi connectivity index (χ1n) is 11.4. The van der Waals surface area contributed by atoms with Crippen molar-refractivity contribution in [1.82, 2.24) is 14.7 Å². The number of hydrogen-bond acceptors (Lipinski definition) is 4. The standard InChI is InChI=1S/C25H29F3N4OS/c1-16(2)24(33)29-19-6-4-5-18(13-19)17-9-11-32(12-10-17)15-20-7-8-22(34-20)21-14-23(25(26,27)28)30-31(21)3/h4-8,13-14,16-17H,9-12,15H2,1-3H3,(H,29,33). The summed E-state index contributed by atoms with van der Waals surface area (Å²) in [4.78, 5) is 16.3. The van der Waals surface area contributed by atoms with Gasteiger partial charge in [0.2, 0.25) is 5.91 Å². The van der Waals surface area contributed by atoms with Crippen LogP contribution < -0.4 is 5.32 Å². The van der Waals surface area contributed by atoms with Gasteiger partial charge in [0.15, 0.2) is 5.69 Å². The molecular weight excluding hydrogens is 461 g/mol. The molecule has 3 aromatic rings. The van der Waals surface area contributed by atoms with Gasteiger partial charge in [0, 0.05) is 30.1 Å². The fraction of sp³-hybridized carbons (Fsp3) is 0.440. The lowest BCUT2D eigenvalue weighted by Crippen LogP contribution is -2.32. The molecule has 1 fully saturated rings. The maximum absolute atomic E-state index is 13.0. The number of aromatic nitrogens is 2. The summed E-state index contributed by atoms with van der Waals surface area (Å²) in [5.41, 5.74) is 1.70. The molecular formula is C25H29F3N4OS. The molecule has 0 saturated carbocycles. The Morgan fingerprint density at radius 2 is 1.91 bits per heavy atom. The van der Waals surface area contributed by atoms with E-state index in [0.29, 0.717) is 11.6 Å². The van der Waals surface area contributed by atoms with E-state index in [9.17, 15) is 18.0 Å². The molecule has 3 heterocycles. The minimum Gasteiger partial charge on any atom is -0.326 e. The number of nitrogens with one attached hydrogen (secondary N) is 1. The number of halogens is 3. The van der Waals surface area contributed by atoms with Crippen LogP contribution in [0.2, 0.25) is 0 Å². The summed E-state index contributed by atoms with van der Waals surface area (Å²) in [7, 11) is 1.54. The summed E-state index contributed by atoms with van der Waals surface area (Å²) in [6.45, 7) is 6.44. The minimum absolute atomic E-state index is 0.0167. The zero-order valence-electron chi connectivity index (χ0n) is 19.5. The van der Waals surface area contributed by atoms with E-state index in [1.807, 2.05) is 38.1 Å². The smallest absolute Gasteiger partial charge is 0.326 e. The summed E-state index contributed by atoms with van der Waals surface area (Å²) in [6.07, 6.45) is -2.40. The highest BCUT2D eigenvalue weighted by Gasteiger charge is 2.35. The molecule has 5 nitrogen and oxygen atoms in total. The van der Waals surface area contributed by atoms with Crippen molar-refractivity contribution < 1.29 is 18.0 Å². The van der Waals surface area contributed by atoms with E-state index in [-0.39, 0.29) is 11.8 Å². The highest BCUT2D eigenvalue weighted by atomic mass is 32.1. The van der Waals surface area contributed by atoms with Crippen molar-refractivity contribution in [3.63, 3.8) is 0 Å². The summed E-state index contributed by atoms with van der Waals surface area (Å²) < 4.78 is 40.2. The van der Waals surface area contributed by atoms with Gasteiger partial charge in [-0.2, -0.15) is 18.3 Å². The lowest BCUT2D eigenvalue weighted by atomic mass is 9.89. The Bertz CT molecular complexity index is 1140. The molecule has 34 heavy (non-hydrogen) atoms. The van der Waals surface area contributed by atoms with E-state index in [1.165, 1.54) is 28.6 Å². The molecule has 1 aliphatic rings. The highest BCUT2D eigenvalue weighted by molar-refractivity contribution is 7.15. The zero-order valence-corrected chi connectivity index (χ0v) is 20.3. The van der Waals surface area contributed by atoms with Gasteiger partial charge < -0.3 is 5.32 Å². The fourth-order valence-corrected chi connectivity index (χ4v) is 5.34. The van der Waals surface area contributed by atoms with Crippen molar-refractivity contribution in [1.29, 1.82) is 0 Å². The normalized spacial score (nSPS) is 15.7. The van der Waals surface area contributed by atoms with Crippen molar-refractivity contribution in [2.45, 2.75) is 45.3 Å². The van der Waals surface area contributed by atoms with Gasteiger partial charge in [-0.25, -0.2) is 0 Å². The first-order valence-corrected chi connectivity index (χ1v) is 12.3. The zero-order chi connectivity index (χ0) is 24.5. The Morgan fingerprint density at radius 1 is 1.18 bits per heavy atom. The predicted molar refractivity (Wildman–Crippen MR) is 129 cm³/mol. The molecule has 1 aromatic carbocycles. The highest BCUT2D eigenvalue weighted by Crippen LogP contribution is 2.35. The van der Waals surface area contributed by atoms with E-state index in [1.54, 1.807) is 0 Å². The number of carbonyl (C=O) groups excluding carboxylic acids is 1. The third-order valence-corrected chi connectivity index (χ3v) is 7.29. The molecule has 0 bridgehead atoms. The topological polar surface area (TPSA) is 50.2 Å². The van der Waals surface area contributed by atoms with Gasteiger partial charge in [-0.05, 0) is 67.7 Å². The van der Waals surface area contributed by atoms with Crippen LogP contribution in [-0.4, -0.2) is 33.7 Å². The molecule has 9 heteroatoms. The van der Waals surface area contributed by atoms with Crippen LogP contribution in [0.4, 0.5) is 18.9 Å². The van der Waals surface area contributed by atoms with Gasteiger partial charge in [-0.15, -0.1) is 11.3 Å². The SMILES string of the molecule is CC(C)C(=O)Nc1cccc(C2CCN(Cc3ccc(-c4cc(C(F)(F)F)nn4C)s3)CC2)c1.